The smallest absolute Gasteiger partial charge is 0.248 e. The second kappa shape index (κ2) is 7.76. The Morgan fingerprint density at radius 1 is 1.14 bits per heavy atom. The van der Waals surface area contributed by atoms with Gasteiger partial charge in [0.05, 0.1) is 0 Å². The molecule has 2 rings (SSSR count). The molecule has 2 N–H and O–H groups in total. The number of carbonyl (C=O) groups excluding carboxylic acids is 1. The van der Waals surface area contributed by atoms with Crippen molar-refractivity contribution in [3.8, 4) is 0 Å². The third-order valence-corrected chi connectivity index (χ3v) is 3.66. The van der Waals surface area contributed by atoms with Crippen LogP contribution in [0.2, 0.25) is 0 Å². The van der Waals surface area contributed by atoms with Gasteiger partial charge >= 0.3 is 0 Å². The average molecular weight is 346 g/mol. The molecule has 0 atom stereocenters. The molecule has 2 aromatic carbocycles. The summed E-state index contributed by atoms with van der Waals surface area (Å²) in [6, 6.07) is 15.1. The highest BCUT2D eigenvalue weighted by atomic mass is 79.9. The molecular weight excluding hydrogens is 330 g/mol. The first kappa shape index (κ1) is 15.5. The fourth-order valence-electron chi connectivity index (χ4n) is 1.84. The number of halogens is 1. The van der Waals surface area contributed by atoms with Crippen LogP contribution in [0, 0.1) is 0 Å². The molecule has 0 aromatic heterocycles. The van der Waals surface area contributed by atoms with E-state index in [1.165, 1.54) is 6.08 Å². The van der Waals surface area contributed by atoms with Gasteiger partial charge < -0.3 is 10.4 Å². The number of anilines is 1. The van der Waals surface area contributed by atoms with Gasteiger partial charge in [-0.1, -0.05) is 46.3 Å². The summed E-state index contributed by atoms with van der Waals surface area (Å²) in [5.41, 5.74) is 2.73. The van der Waals surface area contributed by atoms with Gasteiger partial charge in [0, 0.05) is 22.8 Å². The minimum atomic E-state index is -0.180. The van der Waals surface area contributed by atoms with Crippen molar-refractivity contribution in [3.63, 3.8) is 0 Å². The Labute approximate surface area is 132 Å². The zero-order valence-electron chi connectivity index (χ0n) is 11.4. The molecule has 0 spiro atoms. The molecule has 0 saturated carbocycles. The SMILES string of the molecule is O=C(/C=C/c1ccccc1Br)Nc1ccc(CCO)cc1. The lowest BCUT2D eigenvalue weighted by Gasteiger charge is -2.04. The maximum absolute atomic E-state index is 11.9. The van der Waals surface area contributed by atoms with Crippen LogP contribution in [0.5, 0.6) is 0 Å². The van der Waals surface area contributed by atoms with Crippen molar-refractivity contribution in [1.29, 1.82) is 0 Å². The Kier molecular flexibility index (Phi) is 5.72. The molecular formula is C17H16BrNO2. The highest BCUT2D eigenvalue weighted by Gasteiger charge is 1.99. The van der Waals surface area contributed by atoms with Crippen molar-refractivity contribution >= 4 is 33.6 Å². The van der Waals surface area contributed by atoms with Crippen LogP contribution in [-0.2, 0) is 11.2 Å². The first-order valence-corrected chi connectivity index (χ1v) is 7.42. The van der Waals surface area contributed by atoms with Crippen LogP contribution in [0.3, 0.4) is 0 Å². The fraction of sp³-hybridized carbons (Fsp3) is 0.118. The zero-order chi connectivity index (χ0) is 15.1. The van der Waals surface area contributed by atoms with E-state index in [-0.39, 0.29) is 12.5 Å². The minimum Gasteiger partial charge on any atom is -0.396 e. The van der Waals surface area contributed by atoms with Gasteiger partial charge in [-0.15, -0.1) is 0 Å². The molecule has 0 unspecified atom stereocenters. The quantitative estimate of drug-likeness (QED) is 0.813. The van der Waals surface area contributed by atoms with Crippen LogP contribution in [0.1, 0.15) is 11.1 Å². The van der Waals surface area contributed by atoms with Crippen LogP contribution in [0.15, 0.2) is 59.1 Å². The van der Waals surface area contributed by atoms with Gasteiger partial charge in [-0.25, -0.2) is 0 Å². The Morgan fingerprint density at radius 3 is 2.52 bits per heavy atom. The van der Waals surface area contributed by atoms with Gasteiger partial charge in [-0.3, -0.25) is 4.79 Å². The van der Waals surface area contributed by atoms with Gasteiger partial charge in [0.2, 0.25) is 5.91 Å². The Balaban J connectivity index is 1.97. The largest absolute Gasteiger partial charge is 0.396 e. The van der Waals surface area contributed by atoms with E-state index in [2.05, 4.69) is 21.2 Å². The lowest BCUT2D eigenvalue weighted by molar-refractivity contribution is -0.111. The van der Waals surface area contributed by atoms with Crippen LogP contribution in [0.25, 0.3) is 6.08 Å². The zero-order valence-corrected chi connectivity index (χ0v) is 13.0. The molecule has 0 aliphatic heterocycles. The van der Waals surface area contributed by atoms with Crippen molar-refractivity contribution < 1.29 is 9.90 Å². The van der Waals surface area contributed by atoms with Gasteiger partial charge in [0.1, 0.15) is 0 Å². The molecule has 1 amide bonds. The van der Waals surface area contributed by atoms with E-state index in [9.17, 15) is 4.79 Å². The highest BCUT2D eigenvalue weighted by Crippen LogP contribution is 2.17. The van der Waals surface area contributed by atoms with E-state index >= 15 is 0 Å². The normalized spacial score (nSPS) is 10.8. The standard InChI is InChI=1S/C17H16BrNO2/c18-16-4-2-1-3-14(16)7-10-17(21)19-15-8-5-13(6-9-15)11-12-20/h1-10,20H,11-12H2,(H,19,21)/b10-7+. The molecule has 0 aliphatic rings. The monoisotopic (exact) mass is 345 g/mol. The maximum Gasteiger partial charge on any atom is 0.248 e. The number of hydrogen-bond donors (Lipinski definition) is 2. The Morgan fingerprint density at radius 2 is 1.86 bits per heavy atom. The van der Waals surface area contributed by atoms with E-state index < -0.39 is 0 Å². The van der Waals surface area contributed by atoms with Gasteiger partial charge in [0.25, 0.3) is 0 Å². The number of nitrogens with one attached hydrogen (secondary N) is 1. The number of aliphatic hydroxyl groups excluding tert-OH is 1. The molecule has 0 radical (unpaired) electrons. The molecule has 4 heteroatoms. The summed E-state index contributed by atoms with van der Waals surface area (Å²) < 4.78 is 0.947. The van der Waals surface area contributed by atoms with Gasteiger partial charge in [0.15, 0.2) is 0 Å². The average Bonchev–Trinajstić information content (AvgIpc) is 2.49. The number of aliphatic hydroxyl groups is 1. The van der Waals surface area contributed by atoms with Crippen molar-refractivity contribution in [1.82, 2.24) is 0 Å². The molecule has 108 valence electrons. The van der Waals surface area contributed by atoms with Crippen LogP contribution in [-0.4, -0.2) is 17.6 Å². The summed E-state index contributed by atoms with van der Waals surface area (Å²) in [4.78, 5) is 11.9. The number of carbonyl (C=O) groups is 1. The number of benzene rings is 2. The summed E-state index contributed by atoms with van der Waals surface area (Å²) in [5.74, 6) is -0.180. The summed E-state index contributed by atoms with van der Waals surface area (Å²) in [7, 11) is 0. The van der Waals surface area contributed by atoms with Crippen molar-refractivity contribution in [2.45, 2.75) is 6.42 Å². The minimum absolute atomic E-state index is 0.125. The van der Waals surface area contributed by atoms with E-state index in [1.807, 2.05) is 48.5 Å². The molecule has 3 nitrogen and oxygen atoms in total. The van der Waals surface area contributed by atoms with Crippen molar-refractivity contribution in [2.75, 3.05) is 11.9 Å². The van der Waals surface area contributed by atoms with Crippen molar-refractivity contribution in [2.24, 2.45) is 0 Å². The van der Waals surface area contributed by atoms with Crippen LogP contribution >= 0.6 is 15.9 Å². The topological polar surface area (TPSA) is 49.3 Å². The molecule has 21 heavy (non-hydrogen) atoms. The lowest BCUT2D eigenvalue weighted by atomic mass is 10.1. The summed E-state index contributed by atoms with van der Waals surface area (Å²) in [6.07, 6.45) is 3.89. The third-order valence-electron chi connectivity index (χ3n) is 2.94. The Bertz CT molecular complexity index is 635. The Hall–Kier alpha value is -1.91. The number of hydrogen-bond acceptors (Lipinski definition) is 2. The summed E-state index contributed by atoms with van der Waals surface area (Å²) in [5, 5.41) is 11.6. The molecule has 0 saturated heterocycles. The van der Waals surface area contributed by atoms with Gasteiger partial charge in [-0.2, -0.15) is 0 Å². The second-order valence-electron chi connectivity index (χ2n) is 4.51. The maximum atomic E-state index is 11.9. The second-order valence-corrected chi connectivity index (χ2v) is 5.37. The summed E-state index contributed by atoms with van der Waals surface area (Å²) in [6.45, 7) is 0.125. The molecule has 0 heterocycles. The predicted octanol–water partition coefficient (Wildman–Crippen LogP) is 3.64. The fourth-order valence-corrected chi connectivity index (χ4v) is 2.26. The van der Waals surface area contributed by atoms with Crippen LogP contribution < -0.4 is 5.32 Å². The molecule has 2 aromatic rings. The highest BCUT2D eigenvalue weighted by molar-refractivity contribution is 9.10. The number of amides is 1. The predicted molar refractivity (Wildman–Crippen MR) is 89.0 cm³/mol. The first-order valence-electron chi connectivity index (χ1n) is 6.62. The van der Waals surface area contributed by atoms with E-state index in [1.54, 1.807) is 6.08 Å². The van der Waals surface area contributed by atoms with E-state index in [0.29, 0.717) is 6.42 Å². The molecule has 0 aliphatic carbocycles. The van der Waals surface area contributed by atoms with E-state index in [0.717, 1.165) is 21.3 Å². The van der Waals surface area contributed by atoms with E-state index in [4.69, 9.17) is 5.11 Å². The van der Waals surface area contributed by atoms with Gasteiger partial charge in [-0.05, 0) is 41.8 Å². The summed E-state index contributed by atoms with van der Waals surface area (Å²) >= 11 is 3.43. The molecule has 0 fully saturated rings. The first-order chi connectivity index (χ1) is 10.2. The molecule has 0 bridgehead atoms. The lowest BCUT2D eigenvalue weighted by Crippen LogP contribution is -2.07. The number of rotatable bonds is 5. The van der Waals surface area contributed by atoms with Crippen LogP contribution in [0.4, 0.5) is 5.69 Å². The van der Waals surface area contributed by atoms with Crippen molar-refractivity contribution in [3.05, 3.63) is 70.2 Å². The third kappa shape index (κ3) is 4.85.